The van der Waals surface area contributed by atoms with Crippen molar-refractivity contribution in [2.75, 3.05) is 26.6 Å². The van der Waals surface area contributed by atoms with Crippen LogP contribution in [0.15, 0.2) is 22.8 Å². The van der Waals surface area contributed by atoms with E-state index >= 15 is 0 Å². The summed E-state index contributed by atoms with van der Waals surface area (Å²) in [6.45, 7) is 0.182. The lowest BCUT2D eigenvalue weighted by Crippen LogP contribution is -2.41. The molecule has 0 aliphatic heterocycles. The predicted octanol–water partition coefficient (Wildman–Crippen LogP) is 2.28. The first kappa shape index (κ1) is 19.6. The fourth-order valence-corrected chi connectivity index (χ4v) is 3.41. The van der Waals surface area contributed by atoms with Crippen LogP contribution in [-0.2, 0) is 9.53 Å². The first-order valence-corrected chi connectivity index (χ1v) is 9.45. The molecule has 0 spiro atoms. The van der Waals surface area contributed by atoms with Gasteiger partial charge in [-0.3, -0.25) is 14.5 Å². The highest BCUT2D eigenvalue weighted by Gasteiger charge is 2.29. The van der Waals surface area contributed by atoms with Crippen LogP contribution in [0.1, 0.15) is 36.0 Å². The number of rotatable bonds is 6. The van der Waals surface area contributed by atoms with Gasteiger partial charge in [0.25, 0.3) is 5.91 Å². The number of aromatic nitrogens is 2. The number of halogens is 1. The Labute approximate surface area is 162 Å². The second kappa shape index (κ2) is 8.67. The molecule has 3 rings (SSSR count). The number of carbonyl (C=O) groups is 2. The fraction of sp³-hybridized carbons (Fsp3) is 0.556. The van der Waals surface area contributed by atoms with Crippen LogP contribution in [0, 0.1) is 0 Å². The monoisotopic (exact) mass is 394 g/mol. The molecule has 1 aromatic heterocycles. The number of alkyl halides is 1. The van der Waals surface area contributed by atoms with E-state index in [0.29, 0.717) is 16.6 Å². The summed E-state index contributed by atoms with van der Waals surface area (Å²) in [6, 6.07) is 5.54. The van der Waals surface area contributed by atoms with E-state index in [1.807, 2.05) is 0 Å². The summed E-state index contributed by atoms with van der Waals surface area (Å²) in [5.41, 5.74) is 1.74. The van der Waals surface area contributed by atoms with Crippen molar-refractivity contribution in [2.45, 2.75) is 37.8 Å². The van der Waals surface area contributed by atoms with Gasteiger partial charge < -0.3 is 9.64 Å². The lowest BCUT2D eigenvalue weighted by atomic mass is 9.91. The van der Waals surface area contributed by atoms with Gasteiger partial charge in [-0.05, 0) is 61.2 Å². The van der Waals surface area contributed by atoms with E-state index in [1.54, 1.807) is 42.1 Å². The molecule has 9 heteroatoms. The van der Waals surface area contributed by atoms with E-state index in [-0.39, 0.29) is 36.6 Å². The molecule has 1 aromatic carbocycles. The number of nitrogens with zero attached hydrogens (tertiary/aromatic N) is 4. The van der Waals surface area contributed by atoms with Crippen LogP contribution in [0.25, 0.3) is 11.0 Å². The van der Waals surface area contributed by atoms with Gasteiger partial charge in [-0.25, -0.2) is 4.63 Å². The molecule has 1 saturated carbocycles. The highest BCUT2D eigenvalue weighted by atomic mass is 35.5. The topological polar surface area (TPSA) is 88.8 Å². The maximum atomic E-state index is 12.8. The molecule has 1 fully saturated rings. The molecule has 0 bridgehead atoms. The molecule has 27 heavy (non-hydrogen) atoms. The second-order valence-corrected chi connectivity index (χ2v) is 7.18. The molecule has 146 valence electrons. The Balaban J connectivity index is 1.52. The van der Waals surface area contributed by atoms with Gasteiger partial charge in [0.05, 0.1) is 12.5 Å². The van der Waals surface area contributed by atoms with E-state index in [0.717, 1.165) is 25.7 Å². The van der Waals surface area contributed by atoms with E-state index in [2.05, 4.69) is 14.9 Å². The lowest BCUT2D eigenvalue weighted by molar-refractivity contribution is -0.151. The van der Waals surface area contributed by atoms with Crippen molar-refractivity contribution in [1.29, 1.82) is 0 Å². The summed E-state index contributed by atoms with van der Waals surface area (Å²) in [5, 5.41) is 7.53. The quantitative estimate of drug-likeness (QED) is 0.422. The fourth-order valence-electron chi connectivity index (χ4n) is 3.32. The van der Waals surface area contributed by atoms with Crippen LogP contribution in [0.2, 0.25) is 0 Å². The number of carbonyl (C=O) groups excluding carboxylic acids is 2. The molecule has 2 aromatic rings. The third-order valence-corrected chi connectivity index (χ3v) is 5.32. The molecule has 0 unspecified atom stereocenters. The minimum Gasteiger partial charge on any atom is -0.461 e. The number of amides is 1. The van der Waals surface area contributed by atoms with Crippen molar-refractivity contribution < 1.29 is 19.0 Å². The Hall–Kier alpha value is -2.19. The average Bonchev–Trinajstić information content (AvgIpc) is 3.15. The number of likely N-dealkylation sites (N-methyl/N-ethyl adjacent to an activating group) is 1. The van der Waals surface area contributed by atoms with Crippen LogP contribution >= 0.6 is 11.6 Å². The van der Waals surface area contributed by atoms with E-state index in [9.17, 15) is 9.59 Å². The molecule has 0 atom stereocenters. The average molecular weight is 395 g/mol. The number of fused-ring (bicyclic) bond motifs is 1. The number of ether oxygens (including phenoxy) is 1. The summed E-state index contributed by atoms with van der Waals surface area (Å²) >= 11 is 5.67. The third-order valence-electron chi connectivity index (χ3n) is 4.91. The van der Waals surface area contributed by atoms with Gasteiger partial charge in [-0.1, -0.05) is 0 Å². The molecule has 1 aliphatic carbocycles. The molecule has 0 saturated heterocycles. The van der Waals surface area contributed by atoms with E-state index in [1.165, 1.54) is 0 Å². The Kier molecular flexibility index (Phi) is 6.28. The molecule has 8 nitrogen and oxygen atoms in total. The molecule has 0 radical (unpaired) electrons. The Morgan fingerprint density at radius 2 is 1.89 bits per heavy atom. The zero-order chi connectivity index (χ0) is 19.4. The van der Waals surface area contributed by atoms with Crippen molar-refractivity contribution >= 4 is 34.5 Å². The molecular weight excluding hydrogens is 372 g/mol. The molecule has 1 heterocycles. The third kappa shape index (κ3) is 4.75. The summed E-state index contributed by atoms with van der Waals surface area (Å²) in [5.74, 6) is -0.329. The standard InChI is InChI=1S/C18H23ClN4O4/c1-22(11-19)10-17(24)26-14-6-4-13(5-7-14)23(2)18(25)12-3-8-15-16(9-12)21-27-20-15/h3,8-9,13-14H,4-7,10-11H2,1-2H3. The van der Waals surface area contributed by atoms with Gasteiger partial charge in [0.1, 0.15) is 17.1 Å². The van der Waals surface area contributed by atoms with Crippen LogP contribution in [0.4, 0.5) is 0 Å². The van der Waals surface area contributed by atoms with E-state index in [4.69, 9.17) is 16.3 Å². The second-order valence-electron chi connectivity index (χ2n) is 6.94. The largest absolute Gasteiger partial charge is 0.461 e. The van der Waals surface area contributed by atoms with Crippen molar-refractivity contribution in [3.63, 3.8) is 0 Å². The minimum absolute atomic E-state index is 0.0657. The van der Waals surface area contributed by atoms with Crippen LogP contribution in [0.3, 0.4) is 0 Å². The minimum atomic E-state index is -0.263. The lowest BCUT2D eigenvalue weighted by Gasteiger charge is -2.34. The van der Waals surface area contributed by atoms with Crippen molar-refractivity contribution in [1.82, 2.24) is 20.1 Å². The summed E-state index contributed by atoms with van der Waals surface area (Å²) in [7, 11) is 3.57. The van der Waals surface area contributed by atoms with Gasteiger partial charge in [-0.2, -0.15) is 0 Å². The highest BCUT2D eigenvalue weighted by Crippen LogP contribution is 2.26. The van der Waals surface area contributed by atoms with Gasteiger partial charge in [0.2, 0.25) is 0 Å². The number of esters is 1. The predicted molar refractivity (Wildman–Crippen MR) is 99.4 cm³/mol. The van der Waals surface area contributed by atoms with Crippen molar-refractivity contribution in [2.24, 2.45) is 0 Å². The smallest absolute Gasteiger partial charge is 0.320 e. The van der Waals surface area contributed by atoms with E-state index < -0.39 is 0 Å². The summed E-state index contributed by atoms with van der Waals surface area (Å²) < 4.78 is 10.2. The SMILES string of the molecule is CN(CCl)CC(=O)OC1CCC(N(C)C(=O)c2ccc3nonc3c2)CC1. The van der Waals surface area contributed by atoms with Gasteiger partial charge in [0.15, 0.2) is 0 Å². The number of hydrogen-bond acceptors (Lipinski definition) is 7. The van der Waals surface area contributed by atoms with Gasteiger partial charge in [0, 0.05) is 18.7 Å². The zero-order valence-corrected chi connectivity index (χ0v) is 16.2. The molecule has 1 aliphatic rings. The first-order valence-electron chi connectivity index (χ1n) is 8.91. The Bertz CT molecular complexity index is 804. The summed E-state index contributed by atoms with van der Waals surface area (Å²) in [4.78, 5) is 28.1. The van der Waals surface area contributed by atoms with Crippen molar-refractivity contribution in [3.05, 3.63) is 23.8 Å². The van der Waals surface area contributed by atoms with Crippen LogP contribution < -0.4 is 0 Å². The Morgan fingerprint density at radius 1 is 1.19 bits per heavy atom. The molecule has 1 amide bonds. The number of hydrogen-bond donors (Lipinski definition) is 0. The Morgan fingerprint density at radius 3 is 2.59 bits per heavy atom. The zero-order valence-electron chi connectivity index (χ0n) is 15.4. The highest BCUT2D eigenvalue weighted by molar-refractivity contribution is 6.17. The molecular formula is C18H23ClN4O4. The van der Waals surface area contributed by atoms with Gasteiger partial charge in [-0.15, -0.1) is 11.6 Å². The van der Waals surface area contributed by atoms with Gasteiger partial charge >= 0.3 is 5.97 Å². The van der Waals surface area contributed by atoms with Crippen LogP contribution in [0.5, 0.6) is 0 Å². The first-order chi connectivity index (χ1) is 13.0. The van der Waals surface area contributed by atoms with Crippen LogP contribution in [-0.4, -0.2) is 70.8 Å². The maximum Gasteiger partial charge on any atom is 0.320 e. The summed E-state index contributed by atoms with van der Waals surface area (Å²) in [6.07, 6.45) is 2.97. The normalized spacial score (nSPS) is 20.0. The maximum absolute atomic E-state index is 12.8. The van der Waals surface area contributed by atoms with Crippen molar-refractivity contribution in [3.8, 4) is 0 Å². The number of benzene rings is 1. The molecule has 0 N–H and O–H groups in total.